The Labute approximate surface area is 150 Å². The van der Waals surface area contributed by atoms with Crippen molar-refractivity contribution < 1.29 is 38.0 Å². The third-order valence-corrected chi connectivity index (χ3v) is 3.09. The Morgan fingerprint density at radius 1 is 0.600 bits per heavy atom. The molecule has 0 amide bonds. The number of carbonyl (C=O) groups excluding carboxylic acids is 2. The van der Waals surface area contributed by atoms with Gasteiger partial charge in [0.1, 0.15) is 13.2 Å². The molecule has 0 N–H and O–H groups in total. The Balaban J connectivity index is 3.82. The molecule has 0 rings (SSSR count). The summed E-state index contributed by atoms with van der Waals surface area (Å²) in [6, 6.07) is 0. The van der Waals surface area contributed by atoms with E-state index in [1.165, 1.54) is 13.8 Å². The molecule has 0 radical (unpaired) electrons. The van der Waals surface area contributed by atoms with Crippen molar-refractivity contribution in [2.75, 3.05) is 66.1 Å². The van der Waals surface area contributed by atoms with Crippen LogP contribution in [-0.2, 0) is 38.0 Å². The lowest BCUT2D eigenvalue weighted by atomic mass is 9.94. The average molecular weight is 364 g/mol. The summed E-state index contributed by atoms with van der Waals surface area (Å²) in [5.74, 6) is -1.30. The largest absolute Gasteiger partial charge is 0.462 e. The van der Waals surface area contributed by atoms with E-state index in [1.54, 1.807) is 0 Å². The second kappa shape index (κ2) is 15.1. The normalized spacial score (nSPS) is 11.4. The lowest BCUT2D eigenvalue weighted by Crippen LogP contribution is -2.37. The number of carbonyl (C=O) groups is 2. The van der Waals surface area contributed by atoms with Crippen molar-refractivity contribution in [3.63, 3.8) is 0 Å². The fourth-order valence-corrected chi connectivity index (χ4v) is 1.56. The van der Waals surface area contributed by atoms with E-state index in [-0.39, 0.29) is 26.4 Å². The number of rotatable bonds is 16. The molecule has 0 bridgehead atoms. The van der Waals surface area contributed by atoms with Gasteiger partial charge in [-0.15, -0.1) is 0 Å². The lowest BCUT2D eigenvalue weighted by molar-refractivity contribution is -0.171. The fourth-order valence-electron chi connectivity index (χ4n) is 1.56. The van der Waals surface area contributed by atoms with Crippen LogP contribution in [0.3, 0.4) is 0 Å². The number of ether oxygens (including phenoxy) is 6. The standard InChI is InChI=1S/C17H32O8/c1-5-20-7-9-22-11-13-24-15(18)17(3,4)16(19)25-14-12-23-10-8-21-6-2/h5-14H2,1-4H3. The van der Waals surface area contributed by atoms with Crippen LogP contribution >= 0.6 is 0 Å². The first-order valence-electron chi connectivity index (χ1n) is 8.62. The van der Waals surface area contributed by atoms with Crippen molar-refractivity contribution in [2.24, 2.45) is 5.41 Å². The van der Waals surface area contributed by atoms with Crippen LogP contribution in [0.4, 0.5) is 0 Å². The average Bonchev–Trinajstić information content (AvgIpc) is 2.59. The zero-order valence-electron chi connectivity index (χ0n) is 15.8. The summed E-state index contributed by atoms with van der Waals surface area (Å²) >= 11 is 0. The van der Waals surface area contributed by atoms with Crippen molar-refractivity contribution in [1.29, 1.82) is 0 Å². The Morgan fingerprint density at radius 2 is 0.920 bits per heavy atom. The molecular weight excluding hydrogens is 332 g/mol. The van der Waals surface area contributed by atoms with Gasteiger partial charge in [0.15, 0.2) is 5.41 Å². The maximum absolute atomic E-state index is 12.0. The zero-order chi connectivity index (χ0) is 19.0. The van der Waals surface area contributed by atoms with E-state index in [1.807, 2.05) is 13.8 Å². The van der Waals surface area contributed by atoms with Crippen molar-refractivity contribution in [3.05, 3.63) is 0 Å². The molecule has 0 heterocycles. The Hall–Kier alpha value is -1.22. The van der Waals surface area contributed by atoms with Crippen molar-refractivity contribution >= 4 is 11.9 Å². The van der Waals surface area contributed by atoms with Crippen LogP contribution in [0.15, 0.2) is 0 Å². The van der Waals surface area contributed by atoms with Gasteiger partial charge in [0.05, 0.1) is 39.6 Å². The Morgan fingerprint density at radius 3 is 1.28 bits per heavy atom. The molecule has 8 nitrogen and oxygen atoms in total. The molecule has 0 aromatic heterocycles. The molecule has 0 atom stereocenters. The summed E-state index contributed by atoms with van der Waals surface area (Å²) in [6.45, 7) is 10.5. The highest BCUT2D eigenvalue weighted by Crippen LogP contribution is 2.19. The lowest BCUT2D eigenvalue weighted by Gasteiger charge is -2.20. The van der Waals surface area contributed by atoms with E-state index in [0.29, 0.717) is 39.6 Å². The molecule has 0 fully saturated rings. The van der Waals surface area contributed by atoms with Gasteiger partial charge in [-0.25, -0.2) is 0 Å². The minimum atomic E-state index is -1.38. The van der Waals surface area contributed by atoms with Crippen molar-refractivity contribution in [1.82, 2.24) is 0 Å². The van der Waals surface area contributed by atoms with E-state index in [9.17, 15) is 9.59 Å². The minimum absolute atomic E-state index is 0.0716. The van der Waals surface area contributed by atoms with Crippen molar-refractivity contribution in [3.8, 4) is 0 Å². The predicted molar refractivity (Wildman–Crippen MR) is 90.3 cm³/mol. The van der Waals surface area contributed by atoms with Crippen LogP contribution in [0, 0.1) is 5.41 Å². The Bertz CT molecular complexity index is 325. The summed E-state index contributed by atoms with van der Waals surface area (Å²) in [5, 5.41) is 0. The highest BCUT2D eigenvalue weighted by atomic mass is 16.6. The second-order valence-corrected chi connectivity index (χ2v) is 5.52. The van der Waals surface area contributed by atoms with Crippen molar-refractivity contribution in [2.45, 2.75) is 27.7 Å². The van der Waals surface area contributed by atoms with Gasteiger partial charge < -0.3 is 28.4 Å². The predicted octanol–water partition coefficient (Wildman–Crippen LogP) is 1.21. The maximum atomic E-state index is 12.0. The molecule has 0 aliphatic rings. The van der Waals surface area contributed by atoms with Crippen LogP contribution in [0.25, 0.3) is 0 Å². The van der Waals surface area contributed by atoms with E-state index in [0.717, 1.165) is 0 Å². The molecule has 0 aliphatic carbocycles. The van der Waals surface area contributed by atoms with Crippen LogP contribution in [0.5, 0.6) is 0 Å². The summed E-state index contributed by atoms with van der Waals surface area (Å²) < 4.78 is 30.8. The molecule has 0 unspecified atom stereocenters. The van der Waals surface area contributed by atoms with Gasteiger partial charge in [-0.3, -0.25) is 9.59 Å². The minimum Gasteiger partial charge on any atom is -0.462 e. The van der Waals surface area contributed by atoms with E-state index in [2.05, 4.69) is 0 Å². The van der Waals surface area contributed by atoms with Gasteiger partial charge in [0.2, 0.25) is 0 Å². The van der Waals surface area contributed by atoms with E-state index in [4.69, 9.17) is 28.4 Å². The second-order valence-electron chi connectivity index (χ2n) is 5.52. The SMILES string of the molecule is CCOCCOCCOC(=O)C(C)(C)C(=O)OCCOCCOCC. The molecule has 25 heavy (non-hydrogen) atoms. The molecular formula is C17H32O8. The summed E-state index contributed by atoms with van der Waals surface area (Å²) in [5.41, 5.74) is -1.38. The van der Waals surface area contributed by atoms with Crippen LogP contribution in [-0.4, -0.2) is 78.0 Å². The fraction of sp³-hybridized carbons (Fsp3) is 0.882. The number of hydrogen-bond acceptors (Lipinski definition) is 8. The zero-order valence-corrected chi connectivity index (χ0v) is 15.8. The number of hydrogen-bond donors (Lipinski definition) is 0. The highest BCUT2D eigenvalue weighted by molar-refractivity contribution is 5.99. The van der Waals surface area contributed by atoms with Crippen LogP contribution < -0.4 is 0 Å². The van der Waals surface area contributed by atoms with Gasteiger partial charge in [0.25, 0.3) is 0 Å². The summed E-state index contributed by atoms with van der Waals surface area (Å²) in [4.78, 5) is 24.0. The molecule has 0 aromatic carbocycles. The molecule has 0 saturated carbocycles. The smallest absolute Gasteiger partial charge is 0.322 e. The molecule has 0 spiro atoms. The maximum Gasteiger partial charge on any atom is 0.322 e. The summed E-state index contributed by atoms with van der Waals surface area (Å²) in [7, 11) is 0. The first-order chi connectivity index (χ1) is 12.0. The van der Waals surface area contributed by atoms with Gasteiger partial charge in [-0.1, -0.05) is 0 Å². The molecule has 0 aromatic rings. The van der Waals surface area contributed by atoms with Gasteiger partial charge in [-0.2, -0.15) is 0 Å². The quantitative estimate of drug-likeness (QED) is 0.229. The van der Waals surface area contributed by atoms with Gasteiger partial charge in [0, 0.05) is 13.2 Å². The summed E-state index contributed by atoms with van der Waals surface area (Å²) in [6.07, 6.45) is 0. The molecule has 0 saturated heterocycles. The number of esters is 2. The van der Waals surface area contributed by atoms with Gasteiger partial charge in [-0.05, 0) is 27.7 Å². The van der Waals surface area contributed by atoms with Gasteiger partial charge >= 0.3 is 11.9 Å². The molecule has 0 aliphatic heterocycles. The molecule has 8 heteroatoms. The third kappa shape index (κ3) is 11.9. The molecule has 148 valence electrons. The van der Waals surface area contributed by atoms with E-state index >= 15 is 0 Å². The Kier molecular flexibility index (Phi) is 14.3. The topological polar surface area (TPSA) is 89.5 Å². The van der Waals surface area contributed by atoms with Crippen LogP contribution in [0.1, 0.15) is 27.7 Å². The van der Waals surface area contributed by atoms with Crippen LogP contribution in [0.2, 0.25) is 0 Å². The highest BCUT2D eigenvalue weighted by Gasteiger charge is 2.39. The monoisotopic (exact) mass is 364 g/mol. The van der Waals surface area contributed by atoms with E-state index < -0.39 is 17.4 Å². The first-order valence-corrected chi connectivity index (χ1v) is 8.62. The first kappa shape index (κ1) is 23.8. The third-order valence-electron chi connectivity index (χ3n) is 3.09.